The Morgan fingerprint density at radius 1 is 1.20 bits per heavy atom. The third-order valence-electron chi connectivity index (χ3n) is 3.80. The minimum absolute atomic E-state index is 0.0858. The van der Waals surface area contributed by atoms with Crippen molar-refractivity contribution in [1.82, 2.24) is 10.6 Å². The summed E-state index contributed by atoms with van der Waals surface area (Å²) in [5, 5.41) is 4.87. The van der Waals surface area contributed by atoms with Crippen LogP contribution in [-0.2, 0) is 14.4 Å². The van der Waals surface area contributed by atoms with Crippen LogP contribution in [0.3, 0.4) is 0 Å². The summed E-state index contributed by atoms with van der Waals surface area (Å²) >= 11 is 8.07. The Balaban J connectivity index is 2.51. The van der Waals surface area contributed by atoms with E-state index in [9.17, 15) is 22.9 Å². The Hall–Kier alpha value is -1.01. The predicted molar refractivity (Wildman–Crippen MR) is 88.5 cm³/mol. The fourth-order valence-corrected chi connectivity index (χ4v) is 3.05. The molecule has 3 unspecified atom stereocenters. The first-order valence-electron chi connectivity index (χ1n) is 7.56. The van der Waals surface area contributed by atoms with Crippen molar-refractivity contribution in [2.45, 2.75) is 50.7 Å². The van der Waals surface area contributed by atoms with Gasteiger partial charge in [0, 0.05) is 23.6 Å². The first-order chi connectivity index (χ1) is 11.7. The van der Waals surface area contributed by atoms with Crippen LogP contribution >= 0.6 is 25.3 Å². The third kappa shape index (κ3) is 7.82. The molecule has 0 radical (unpaired) electrons. The molecule has 0 aromatic rings. The maximum atomic E-state index is 12.5. The van der Waals surface area contributed by atoms with Crippen LogP contribution in [-0.4, -0.2) is 48.2 Å². The molecule has 0 aromatic heterocycles. The summed E-state index contributed by atoms with van der Waals surface area (Å²) in [6.07, 6.45) is -5.88. The van der Waals surface area contributed by atoms with E-state index in [1.54, 1.807) is 0 Å². The fraction of sp³-hybridized carbons (Fsp3) is 0.846. The number of hydrogen-bond acceptors (Lipinski definition) is 7. The Kier molecular flexibility index (Phi) is 9.00. The number of rotatable bonds is 7. The molecule has 146 valence electrons. The van der Waals surface area contributed by atoms with Gasteiger partial charge < -0.3 is 20.1 Å². The summed E-state index contributed by atoms with van der Waals surface area (Å²) in [5.41, 5.74) is 0. The van der Waals surface area contributed by atoms with Crippen molar-refractivity contribution in [3.63, 3.8) is 0 Å². The van der Waals surface area contributed by atoms with Crippen LogP contribution in [0.5, 0.6) is 0 Å². The number of carbonyl (C=O) groups is 2. The van der Waals surface area contributed by atoms with Crippen molar-refractivity contribution in [1.29, 1.82) is 0 Å². The smallest absolute Gasteiger partial charge is 0.445 e. The van der Waals surface area contributed by atoms with Crippen molar-refractivity contribution in [3.8, 4) is 0 Å². The third-order valence-corrected chi connectivity index (χ3v) is 4.62. The topological polar surface area (TPSA) is 85.9 Å². The first kappa shape index (κ1) is 22.0. The highest BCUT2D eigenvalue weighted by atomic mass is 32.1. The molecule has 7 nitrogen and oxygen atoms in total. The van der Waals surface area contributed by atoms with Gasteiger partial charge in [0.2, 0.25) is 0 Å². The molecule has 2 amide bonds. The number of alkyl carbamates (subject to hydrolysis) is 2. The van der Waals surface area contributed by atoms with Gasteiger partial charge in [-0.15, -0.1) is 8.78 Å². The normalized spacial score (nSPS) is 23.9. The molecular weight excluding hydrogens is 385 g/mol. The second-order valence-corrected chi connectivity index (χ2v) is 6.44. The molecule has 2 N–H and O–H groups in total. The highest BCUT2D eigenvalue weighted by molar-refractivity contribution is 7.81. The van der Waals surface area contributed by atoms with Gasteiger partial charge in [-0.2, -0.15) is 25.3 Å². The molecule has 1 rings (SSSR count). The quantitative estimate of drug-likeness (QED) is 0.386. The highest BCUT2D eigenvalue weighted by Crippen LogP contribution is 2.25. The van der Waals surface area contributed by atoms with Gasteiger partial charge in [-0.3, -0.25) is 0 Å². The van der Waals surface area contributed by atoms with Crippen LogP contribution < -0.4 is 10.6 Å². The number of amides is 2. The number of thiol groups is 2. The van der Waals surface area contributed by atoms with E-state index < -0.39 is 30.6 Å². The number of halogens is 3. The van der Waals surface area contributed by atoms with Crippen LogP contribution in [0.25, 0.3) is 0 Å². The lowest BCUT2D eigenvalue weighted by atomic mass is 9.83. The fourth-order valence-electron chi connectivity index (χ4n) is 2.44. The average Bonchev–Trinajstić information content (AvgIpc) is 2.55. The Morgan fingerprint density at radius 2 is 1.84 bits per heavy atom. The van der Waals surface area contributed by atoms with Crippen molar-refractivity contribution < 1.29 is 37.3 Å². The molecule has 1 aliphatic rings. The molecule has 0 bridgehead atoms. The van der Waals surface area contributed by atoms with E-state index in [0.29, 0.717) is 24.3 Å². The van der Waals surface area contributed by atoms with Crippen molar-refractivity contribution in [2.24, 2.45) is 5.92 Å². The van der Waals surface area contributed by atoms with Crippen molar-refractivity contribution in [3.05, 3.63) is 0 Å². The van der Waals surface area contributed by atoms with Gasteiger partial charge in [-0.05, 0) is 29.7 Å². The zero-order chi connectivity index (χ0) is 19.0. The molecule has 0 heterocycles. The van der Waals surface area contributed by atoms with Gasteiger partial charge in [-0.1, -0.05) is 11.9 Å². The molecule has 0 spiro atoms. The van der Waals surface area contributed by atoms with E-state index in [2.05, 4.69) is 45.6 Å². The zero-order valence-electron chi connectivity index (χ0n) is 13.4. The average molecular weight is 406 g/mol. The summed E-state index contributed by atoms with van der Waals surface area (Å²) in [6, 6.07) is -0.875. The van der Waals surface area contributed by atoms with Gasteiger partial charge in [0.15, 0.2) is 0 Å². The van der Waals surface area contributed by atoms with Crippen LogP contribution in [0.4, 0.5) is 22.9 Å². The Morgan fingerprint density at radius 3 is 2.40 bits per heavy atom. The van der Waals surface area contributed by atoms with Crippen LogP contribution in [0.2, 0.25) is 0 Å². The van der Waals surface area contributed by atoms with Crippen molar-refractivity contribution in [2.75, 3.05) is 11.5 Å². The highest BCUT2D eigenvalue weighted by Gasteiger charge is 2.39. The first-order valence-corrected chi connectivity index (χ1v) is 8.83. The number of nitrogens with one attached hydrogen (secondary N) is 2. The van der Waals surface area contributed by atoms with Crippen LogP contribution in [0.1, 0.15) is 26.2 Å². The van der Waals surface area contributed by atoms with Gasteiger partial charge in [0.1, 0.15) is 6.10 Å². The van der Waals surface area contributed by atoms with E-state index in [1.165, 1.54) is 0 Å². The molecular formula is C13H21F3N2O5S2. The van der Waals surface area contributed by atoms with E-state index in [4.69, 9.17) is 4.74 Å². The lowest BCUT2D eigenvalue weighted by Crippen LogP contribution is -2.50. The molecule has 25 heavy (non-hydrogen) atoms. The Bertz CT molecular complexity index is 457. The molecule has 1 aliphatic carbocycles. The minimum atomic E-state index is -4.65. The second-order valence-electron chi connectivity index (χ2n) is 5.70. The summed E-state index contributed by atoms with van der Waals surface area (Å²) in [6.45, 7) is 1.90. The maximum Gasteiger partial charge on any atom is 0.569 e. The molecule has 12 heteroatoms. The molecule has 1 fully saturated rings. The van der Waals surface area contributed by atoms with E-state index in [-0.39, 0.29) is 18.4 Å². The Labute approximate surface area is 154 Å². The largest absolute Gasteiger partial charge is 0.569 e. The maximum absolute atomic E-state index is 12.5. The summed E-state index contributed by atoms with van der Waals surface area (Å²) < 4.78 is 45.1. The summed E-state index contributed by atoms with van der Waals surface area (Å²) in [4.78, 5) is 25.4. The van der Waals surface area contributed by atoms with Gasteiger partial charge in [0.05, 0.1) is 0 Å². The number of hydrogen-bond donors (Lipinski definition) is 4. The van der Waals surface area contributed by atoms with Gasteiger partial charge >= 0.3 is 18.5 Å². The predicted octanol–water partition coefficient (Wildman–Crippen LogP) is 2.68. The van der Waals surface area contributed by atoms with Gasteiger partial charge in [0.25, 0.3) is 0 Å². The number of alkyl halides is 2. The van der Waals surface area contributed by atoms with Gasteiger partial charge in [-0.25, -0.2) is 9.59 Å². The second kappa shape index (κ2) is 10.2. The molecule has 3 atom stereocenters. The minimum Gasteiger partial charge on any atom is -0.445 e. The van der Waals surface area contributed by atoms with E-state index in [1.807, 2.05) is 6.92 Å². The summed E-state index contributed by atoms with van der Waals surface area (Å²) in [5.74, 6) is 0.721. The van der Waals surface area contributed by atoms with E-state index in [0.717, 1.165) is 0 Å². The van der Waals surface area contributed by atoms with E-state index >= 15 is 0 Å². The monoisotopic (exact) mass is 406 g/mol. The van der Waals surface area contributed by atoms with Crippen LogP contribution in [0.15, 0.2) is 0 Å². The lowest BCUT2D eigenvalue weighted by Gasteiger charge is -2.35. The number of carbonyl (C=O) groups excluding carboxylic acids is 2. The molecule has 0 aliphatic heterocycles. The number of ether oxygens (including phenoxy) is 2. The standard InChI is InChI=1S/C13H21F3N2O5S2/c1-7-2-3-8(17-12(20)22-13(14,15)23-16)4-10(7)18-11(19)21-9(5-24)6-25/h7-10,24-25H,2-6H2,1H3,(H,17,20)(H,18,19). The zero-order valence-corrected chi connectivity index (χ0v) is 15.2. The lowest BCUT2D eigenvalue weighted by molar-refractivity contribution is -0.445. The van der Waals surface area contributed by atoms with Crippen molar-refractivity contribution >= 4 is 37.4 Å². The van der Waals surface area contributed by atoms with Crippen LogP contribution in [0, 0.1) is 5.92 Å². The molecule has 0 aromatic carbocycles. The molecule has 1 saturated carbocycles. The summed E-state index contributed by atoms with van der Waals surface area (Å²) in [7, 11) is 0. The molecule has 0 saturated heterocycles. The SMILES string of the molecule is CC1CCC(NC(=O)OC(F)(F)OF)CC1NC(=O)OC(CS)CS.